The largest absolute Gasteiger partial charge is 0.383 e. The lowest BCUT2D eigenvalue weighted by Crippen LogP contribution is -2.46. The maximum absolute atomic E-state index is 12.4. The maximum Gasteiger partial charge on any atom is 0.233 e. The van der Waals surface area contributed by atoms with E-state index in [4.69, 9.17) is 5.73 Å². The Hall–Kier alpha value is -3.03. The summed E-state index contributed by atoms with van der Waals surface area (Å²) < 4.78 is 0. The van der Waals surface area contributed by atoms with E-state index in [1.807, 2.05) is 0 Å². The van der Waals surface area contributed by atoms with Gasteiger partial charge in [0, 0.05) is 18.4 Å². The van der Waals surface area contributed by atoms with Crippen LogP contribution in [0.2, 0.25) is 0 Å². The average Bonchev–Trinajstić information content (AvgIpc) is 3.15. The number of nitrogens with two attached hydrogens (primary N) is 1. The Bertz CT molecular complexity index is 808. The number of rotatable bonds is 2. The van der Waals surface area contributed by atoms with Crippen LogP contribution in [-0.4, -0.2) is 29.5 Å². The highest BCUT2D eigenvalue weighted by Crippen LogP contribution is 2.50. The summed E-state index contributed by atoms with van der Waals surface area (Å²) >= 11 is 0. The number of aliphatic imine (C=N–C) groups is 1. The molecule has 4 amide bonds. The first kappa shape index (κ1) is 14.6. The van der Waals surface area contributed by atoms with Gasteiger partial charge in [-0.2, -0.15) is 0 Å². The molecule has 1 aromatic rings. The molecule has 0 aromatic heterocycles. The van der Waals surface area contributed by atoms with Gasteiger partial charge >= 0.3 is 0 Å². The minimum atomic E-state index is -1.34. The highest BCUT2D eigenvalue weighted by Gasteiger charge is 2.60. The predicted molar refractivity (Wildman–Crippen MR) is 81.4 cm³/mol. The van der Waals surface area contributed by atoms with Crippen LogP contribution < -0.4 is 16.4 Å². The van der Waals surface area contributed by atoms with Crippen molar-refractivity contribution < 1.29 is 19.2 Å². The van der Waals surface area contributed by atoms with Crippen LogP contribution in [0.5, 0.6) is 0 Å². The molecule has 3 aliphatic rings. The van der Waals surface area contributed by atoms with Gasteiger partial charge in [-0.05, 0) is 5.56 Å². The fourth-order valence-electron chi connectivity index (χ4n) is 3.97. The molecule has 0 spiro atoms. The molecule has 0 radical (unpaired) electrons. The van der Waals surface area contributed by atoms with Gasteiger partial charge in [-0.1, -0.05) is 24.3 Å². The Morgan fingerprint density at radius 1 is 0.958 bits per heavy atom. The second-order valence-corrected chi connectivity index (χ2v) is 6.21. The number of hydrogen-bond donors (Lipinski definition) is 3. The van der Waals surface area contributed by atoms with Gasteiger partial charge in [-0.3, -0.25) is 34.8 Å². The van der Waals surface area contributed by atoms with Crippen molar-refractivity contribution in [1.82, 2.24) is 10.6 Å². The fourth-order valence-corrected chi connectivity index (χ4v) is 3.97. The number of amides is 4. The molecular weight excluding hydrogens is 312 g/mol. The highest BCUT2D eigenvalue weighted by molar-refractivity contribution is 6.10. The van der Waals surface area contributed by atoms with Crippen molar-refractivity contribution >= 4 is 29.5 Å². The SMILES string of the molecule is NC1=NC(C2CC(=O)NC2=O)(C2CC(=O)NC2=O)c2ccccc21. The van der Waals surface area contributed by atoms with Gasteiger partial charge in [-0.15, -0.1) is 0 Å². The van der Waals surface area contributed by atoms with Crippen LogP contribution in [0, 0.1) is 11.8 Å². The molecule has 4 rings (SSSR count). The van der Waals surface area contributed by atoms with Crippen LogP contribution in [0.25, 0.3) is 0 Å². The van der Waals surface area contributed by atoms with Crippen molar-refractivity contribution in [3.63, 3.8) is 0 Å². The predicted octanol–water partition coefficient (Wildman–Crippen LogP) is -1.07. The number of carbonyl (C=O) groups excluding carboxylic acids is 4. The topological polar surface area (TPSA) is 131 Å². The van der Waals surface area contributed by atoms with E-state index < -0.39 is 41.0 Å². The minimum absolute atomic E-state index is 0.0953. The molecule has 2 saturated heterocycles. The first-order valence-electron chi connectivity index (χ1n) is 7.56. The molecule has 2 atom stereocenters. The highest BCUT2D eigenvalue weighted by atomic mass is 16.2. The van der Waals surface area contributed by atoms with E-state index in [0.717, 1.165) is 0 Å². The molecule has 0 aliphatic carbocycles. The molecule has 24 heavy (non-hydrogen) atoms. The lowest BCUT2D eigenvalue weighted by atomic mass is 9.68. The van der Waals surface area contributed by atoms with Crippen LogP contribution in [0.3, 0.4) is 0 Å². The molecule has 0 saturated carbocycles. The summed E-state index contributed by atoms with van der Waals surface area (Å²) in [5.41, 5.74) is 5.92. The number of fused-ring (bicyclic) bond motifs is 1. The van der Waals surface area contributed by atoms with Gasteiger partial charge in [-0.25, -0.2) is 0 Å². The van der Waals surface area contributed by atoms with Crippen LogP contribution >= 0.6 is 0 Å². The summed E-state index contributed by atoms with van der Waals surface area (Å²) in [7, 11) is 0. The van der Waals surface area contributed by atoms with Gasteiger partial charge in [0.05, 0.1) is 11.8 Å². The van der Waals surface area contributed by atoms with E-state index in [1.165, 1.54) is 0 Å². The molecule has 8 nitrogen and oxygen atoms in total. The van der Waals surface area contributed by atoms with Crippen LogP contribution in [-0.2, 0) is 24.7 Å². The standard InChI is InChI=1S/C16H14N4O4/c17-13-7-3-1-2-4-8(7)16(20-13,9-5-11(21)18-14(9)23)10-6-12(22)19-15(10)24/h1-4,9-10H,5-6H2,(H2,17,20)(H,18,21,23)(H,19,22,24). The fraction of sp³-hybridized carbons (Fsp3) is 0.312. The zero-order valence-corrected chi connectivity index (χ0v) is 12.5. The van der Waals surface area contributed by atoms with Crippen LogP contribution in [0.1, 0.15) is 24.0 Å². The number of nitrogens with one attached hydrogen (secondary N) is 2. The summed E-state index contributed by atoms with van der Waals surface area (Å²) in [6.45, 7) is 0. The second kappa shape index (κ2) is 4.73. The molecule has 0 bridgehead atoms. The van der Waals surface area contributed by atoms with E-state index in [-0.39, 0.29) is 18.7 Å². The molecule has 8 heteroatoms. The van der Waals surface area contributed by atoms with E-state index in [0.29, 0.717) is 11.1 Å². The number of nitrogens with zero attached hydrogens (tertiary/aromatic N) is 1. The Kier molecular flexibility index (Phi) is 2.87. The Morgan fingerprint density at radius 3 is 2.00 bits per heavy atom. The zero-order valence-electron chi connectivity index (χ0n) is 12.5. The molecule has 4 N–H and O–H groups in total. The minimum Gasteiger partial charge on any atom is -0.383 e. The lowest BCUT2D eigenvalue weighted by molar-refractivity contribution is -0.129. The monoisotopic (exact) mass is 326 g/mol. The molecule has 122 valence electrons. The number of amidine groups is 1. The number of benzene rings is 1. The zero-order chi connectivity index (χ0) is 17.1. The van der Waals surface area contributed by atoms with Crippen molar-refractivity contribution in [2.75, 3.05) is 0 Å². The van der Waals surface area contributed by atoms with Crippen molar-refractivity contribution in [3.8, 4) is 0 Å². The first-order chi connectivity index (χ1) is 11.4. The Labute approximate surface area is 136 Å². The van der Waals surface area contributed by atoms with E-state index in [9.17, 15) is 19.2 Å². The van der Waals surface area contributed by atoms with E-state index in [2.05, 4.69) is 15.6 Å². The van der Waals surface area contributed by atoms with Crippen molar-refractivity contribution in [3.05, 3.63) is 35.4 Å². The third-order valence-electron chi connectivity index (χ3n) is 4.94. The Balaban J connectivity index is 1.96. The van der Waals surface area contributed by atoms with Crippen LogP contribution in [0.4, 0.5) is 0 Å². The third-order valence-corrected chi connectivity index (χ3v) is 4.94. The molecule has 2 unspecified atom stereocenters. The summed E-state index contributed by atoms with van der Waals surface area (Å²) in [6, 6.07) is 7.02. The lowest BCUT2D eigenvalue weighted by Gasteiger charge is -2.35. The summed E-state index contributed by atoms with van der Waals surface area (Å²) in [4.78, 5) is 52.7. The number of carbonyl (C=O) groups is 4. The summed E-state index contributed by atoms with van der Waals surface area (Å²) in [5, 5.41) is 4.52. The van der Waals surface area contributed by atoms with Gasteiger partial charge in [0.1, 0.15) is 11.4 Å². The van der Waals surface area contributed by atoms with Crippen molar-refractivity contribution in [2.45, 2.75) is 18.4 Å². The van der Waals surface area contributed by atoms with E-state index >= 15 is 0 Å². The van der Waals surface area contributed by atoms with E-state index in [1.54, 1.807) is 24.3 Å². The van der Waals surface area contributed by atoms with Gasteiger partial charge in [0.15, 0.2) is 0 Å². The summed E-state index contributed by atoms with van der Waals surface area (Å²) in [5.74, 6) is -3.41. The average molecular weight is 326 g/mol. The third kappa shape index (κ3) is 1.76. The van der Waals surface area contributed by atoms with Crippen molar-refractivity contribution in [1.29, 1.82) is 0 Å². The molecule has 2 fully saturated rings. The molecular formula is C16H14N4O4. The molecule has 3 aliphatic heterocycles. The quantitative estimate of drug-likeness (QED) is 0.595. The van der Waals surface area contributed by atoms with Crippen LogP contribution in [0.15, 0.2) is 29.3 Å². The Morgan fingerprint density at radius 2 is 1.50 bits per heavy atom. The van der Waals surface area contributed by atoms with Gasteiger partial charge in [0.25, 0.3) is 0 Å². The number of hydrogen-bond acceptors (Lipinski definition) is 6. The maximum atomic E-state index is 12.4. The smallest absolute Gasteiger partial charge is 0.233 e. The molecule has 3 heterocycles. The first-order valence-corrected chi connectivity index (χ1v) is 7.56. The second-order valence-electron chi connectivity index (χ2n) is 6.21. The summed E-state index contributed by atoms with van der Waals surface area (Å²) in [6.07, 6.45) is -0.191. The molecule has 1 aromatic carbocycles. The van der Waals surface area contributed by atoms with Crippen molar-refractivity contribution in [2.24, 2.45) is 22.6 Å². The number of imide groups is 2. The van der Waals surface area contributed by atoms with Gasteiger partial charge in [0.2, 0.25) is 23.6 Å². The van der Waals surface area contributed by atoms with Gasteiger partial charge < -0.3 is 5.73 Å². The normalized spacial score (nSPS) is 31.8.